The van der Waals surface area contributed by atoms with Crippen LogP contribution in [0.25, 0.3) is 5.76 Å². The molecule has 35 heavy (non-hydrogen) atoms. The van der Waals surface area contributed by atoms with Gasteiger partial charge in [-0.2, -0.15) is 0 Å². The van der Waals surface area contributed by atoms with E-state index in [1.54, 1.807) is 48.4 Å². The maximum Gasteiger partial charge on any atom is 0.296 e. The van der Waals surface area contributed by atoms with Gasteiger partial charge < -0.3 is 24.4 Å². The molecule has 2 aromatic carbocycles. The maximum absolute atomic E-state index is 14.2. The van der Waals surface area contributed by atoms with Crippen molar-refractivity contribution in [2.24, 2.45) is 0 Å². The number of ether oxygens (including phenoxy) is 2. The Bertz CT molecular complexity index is 1260. The number of aliphatic hydroxyl groups excluding tert-OH is 1. The number of para-hydroxylation sites is 1. The number of likely N-dealkylation sites (N-methyl/N-ethyl adjacent to an activating group) is 1. The fourth-order valence-electron chi connectivity index (χ4n) is 5.59. The second kappa shape index (κ2) is 8.53. The normalized spacial score (nSPS) is 25.1. The zero-order valence-corrected chi connectivity index (χ0v) is 20.0. The molecule has 0 bridgehead atoms. The van der Waals surface area contributed by atoms with E-state index in [0.717, 1.165) is 18.4 Å². The lowest BCUT2D eigenvalue weighted by atomic mass is 9.81. The number of carbonyl (C=O) groups is 3. The van der Waals surface area contributed by atoms with Gasteiger partial charge in [-0.05, 0) is 56.5 Å². The van der Waals surface area contributed by atoms with Crippen molar-refractivity contribution in [1.29, 1.82) is 0 Å². The highest BCUT2D eigenvalue weighted by Gasteiger charge is 2.67. The third-order valence-corrected chi connectivity index (χ3v) is 7.20. The van der Waals surface area contributed by atoms with Crippen LogP contribution in [0, 0.1) is 6.92 Å². The summed E-state index contributed by atoms with van der Waals surface area (Å²) in [4.78, 5) is 44.2. The SMILES string of the molecule is CCN1C(=O)[C@@]2(C(=C(O)c3ccc(OC)c(C)c3)C(=O)C(=O)N2C[C@@H]2CCCO2)c2ccccc21. The first-order valence-electron chi connectivity index (χ1n) is 11.8. The number of ketones is 1. The van der Waals surface area contributed by atoms with E-state index in [2.05, 4.69) is 0 Å². The largest absolute Gasteiger partial charge is 0.507 e. The summed E-state index contributed by atoms with van der Waals surface area (Å²) in [6, 6.07) is 12.1. The predicted octanol–water partition coefficient (Wildman–Crippen LogP) is 3.13. The van der Waals surface area contributed by atoms with Gasteiger partial charge in [-0.3, -0.25) is 14.4 Å². The van der Waals surface area contributed by atoms with Crippen LogP contribution in [-0.4, -0.2) is 60.5 Å². The minimum absolute atomic E-state index is 0.0840. The fourth-order valence-corrected chi connectivity index (χ4v) is 5.59. The molecule has 182 valence electrons. The molecule has 0 saturated carbocycles. The van der Waals surface area contributed by atoms with E-state index in [1.807, 2.05) is 19.9 Å². The van der Waals surface area contributed by atoms with Gasteiger partial charge in [0.15, 0.2) is 5.54 Å². The van der Waals surface area contributed by atoms with Crippen LogP contribution in [0.3, 0.4) is 0 Å². The van der Waals surface area contributed by atoms with Gasteiger partial charge in [0.2, 0.25) is 0 Å². The number of carbonyl (C=O) groups excluding carboxylic acids is 3. The number of hydrogen-bond donors (Lipinski definition) is 1. The number of aryl methyl sites for hydroxylation is 1. The summed E-state index contributed by atoms with van der Waals surface area (Å²) in [5.41, 5.74) is 0.237. The number of nitrogens with zero attached hydrogens (tertiary/aromatic N) is 2. The van der Waals surface area contributed by atoms with E-state index in [9.17, 15) is 19.5 Å². The summed E-state index contributed by atoms with van der Waals surface area (Å²) in [7, 11) is 1.55. The van der Waals surface area contributed by atoms with E-state index < -0.39 is 23.1 Å². The van der Waals surface area contributed by atoms with E-state index in [-0.39, 0.29) is 24.0 Å². The monoisotopic (exact) mass is 476 g/mol. The van der Waals surface area contributed by atoms with Crippen molar-refractivity contribution >= 4 is 29.0 Å². The zero-order valence-electron chi connectivity index (χ0n) is 20.0. The van der Waals surface area contributed by atoms with E-state index >= 15 is 0 Å². The molecule has 8 nitrogen and oxygen atoms in total. The second-order valence-electron chi connectivity index (χ2n) is 9.06. The second-order valence-corrected chi connectivity index (χ2v) is 9.06. The maximum atomic E-state index is 14.2. The first-order valence-corrected chi connectivity index (χ1v) is 11.8. The molecule has 0 aromatic heterocycles. The van der Waals surface area contributed by atoms with Crippen LogP contribution in [0.2, 0.25) is 0 Å². The highest BCUT2D eigenvalue weighted by atomic mass is 16.5. The highest BCUT2D eigenvalue weighted by molar-refractivity contribution is 6.50. The van der Waals surface area contributed by atoms with Crippen LogP contribution < -0.4 is 9.64 Å². The van der Waals surface area contributed by atoms with Gasteiger partial charge in [0, 0.05) is 30.8 Å². The van der Waals surface area contributed by atoms with Crippen LogP contribution >= 0.6 is 0 Å². The molecule has 2 atom stereocenters. The number of likely N-dealkylation sites (tertiary alicyclic amines) is 1. The molecular formula is C27H28N2O6. The van der Waals surface area contributed by atoms with E-state index in [1.165, 1.54) is 4.90 Å². The first-order chi connectivity index (χ1) is 16.9. The standard InChI is InChI=1S/C27H28N2O6/c1-4-28-20-10-6-5-9-19(20)27(26(28)33)22(23(30)17-11-12-21(34-3)16(2)14-17)24(31)25(32)29(27)15-18-8-7-13-35-18/h5-6,9-12,14,18,30H,4,7-8,13,15H2,1-3H3/t18-,27-/m0/s1. The average molecular weight is 477 g/mol. The smallest absolute Gasteiger partial charge is 0.296 e. The molecule has 0 unspecified atom stereocenters. The summed E-state index contributed by atoms with van der Waals surface area (Å²) in [6.07, 6.45) is 1.28. The van der Waals surface area contributed by atoms with Crippen molar-refractivity contribution in [3.8, 4) is 5.75 Å². The Hall–Kier alpha value is -3.65. The van der Waals surface area contributed by atoms with Crippen molar-refractivity contribution in [2.75, 3.05) is 31.7 Å². The molecule has 8 heteroatoms. The highest BCUT2D eigenvalue weighted by Crippen LogP contribution is 2.53. The topological polar surface area (TPSA) is 96.4 Å². The number of benzene rings is 2. The van der Waals surface area contributed by atoms with Crippen LogP contribution in [0.1, 0.15) is 36.5 Å². The number of methoxy groups -OCH3 is 1. The van der Waals surface area contributed by atoms with Crippen molar-refractivity contribution in [3.05, 3.63) is 64.7 Å². The molecule has 2 fully saturated rings. The van der Waals surface area contributed by atoms with Gasteiger partial charge in [-0.1, -0.05) is 18.2 Å². The predicted molar refractivity (Wildman–Crippen MR) is 129 cm³/mol. The number of fused-ring (bicyclic) bond motifs is 2. The number of Topliss-reactive ketones (excluding diaryl/α,β-unsaturated/α-hetero) is 1. The molecule has 2 saturated heterocycles. The van der Waals surface area contributed by atoms with Crippen molar-refractivity contribution in [2.45, 2.75) is 38.3 Å². The number of rotatable bonds is 5. The minimum atomic E-state index is -1.76. The average Bonchev–Trinajstić information content (AvgIpc) is 3.52. The summed E-state index contributed by atoms with van der Waals surface area (Å²) in [6.45, 7) is 4.66. The molecule has 3 heterocycles. The molecular weight excluding hydrogens is 448 g/mol. The van der Waals surface area contributed by atoms with Crippen LogP contribution in [0.4, 0.5) is 5.69 Å². The van der Waals surface area contributed by atoms with E-state index in [4.69, 9.17) is 9.47 Å². The zero-order chi connectivity index (χ0) is 24.9. The third kappa shape index (κ3) is 3.20. The van der Waals surface area contributed by atoms with Gasteiger partial charge in [0.1, 0.15) is 11.5 Å². The third-order valence-electron chi connectivity index (χ3n) is 7.20. The molecule has 5 rings (SSSR count). The summed E-state index contributed by atoms with van der Waals surface area (Å²) >= 11 is 0. The first kappa shape index (κ1) is 23.1. The van der Waals surface area contributed by atoms with Crippen molar-refractivity contribution < 1.29 is 29.0 Å². The molecule has 1 N–H and O–H groups in total. The number of hydrogen-bond acceptors (Lipinski definition) is 6. The Morgan fingerprint density at radius 2 is 1.97 bits per heavy atom. The molecule has 1 spiro atoms. The minimum Gasteiger partial charge on any atom is -0.507 e. The Balaban J connectivity index is 1.79. The molecule has 2 amide bonds. The Morgan fingerprint density at radius 3 is 2.63 bits per heavy atom. The number of aliphatic hydroxyl groups is 1. The lowest BCUT2D eigenvalue weighted by molar-refractivity contribution is -0.145. The van der Waals surface area contributed by atoms with Gasteiger partial charge in [-0.25, -0.2) is 0 Å². The van der Waals surface area contributed by atoms with Crippen molar-refractivity contribution in [1.82, 2.24) is 4.90 Å². The lowest BCUT2D eigenvalue weighted by Gasteiger charge is -2.35. The van der Waals surface area contributed by atoms with E-state index in [0.29, 0.717) is 35.7 Å². The van der Waals surface area contributed by atoms with Gasteiger partial charge in [-0.15, -0.1) is 0 Å². The molecule has 3 aliphatic heterocycles. The quantitative estimate of drug-likeness (QED) is 0.405. The number of anilines is 1. The Labute approximate surface area is 203 Å². The Kier molecular flexibility index (Phi) is 5.63. The number of amides is 2. The van der Waals surface area contributed by atoms with Crippen molar-refractivity contribution in [3.63, 3.8) is 0 Å². The molecule has 2 aromatic rings. The molecule has 3 aliphatic rings. The van der Waals surface area contributed by atoms with Crippen LogP contribution in [-0.2, 0) is 24.7 Å². The summed E-state index contributed by atoms with van der Waals surface area (Å²) < 4.78 is 11.1. The fraction of sp³-hybridized carbons (Fsp3) is 0.370. The Morgan fingerprint density at radius 1 is 1.20 bits per heavy atom. The van der Waals surface area contributed by atoms with Crippen LogP contribution in [0.15, 0.2) is 48.0 Å². The molecule has 0 aliphatic carbocycles. The van der Waals surface area contributed by atoms with Gasteiger partial charge in [0.05, 0.1) is 24.5 Å². The summed E-state index contributed by atoms with van der Waals surface area (Å²) in [5.74, 6) is -1.88. The van der Waals surface area contributed by atoms with Gasteiger partial charge in [0.25, 0.3) is 17.6 Å². The van der Waals surface area contributed by atoms with Crippen LogP contribution in [0.5, 0.6) is 5.75 Å². The molecule has 0 radical (unpaired) electrons. The summed E-state index contributed by atoms with van der Waals surface area (Å²) in [5, 5.41) is 11.5. The van der Waals surface area contributed by atoms with Gasteiger partial charge >= 0.3 is 0 Å². The lowest BCUT2D eigenvalue weighted by Crippen LogP contribution is -2.53.